The fraction of sp³-hybridized carbons (Fsp3) is 0.636. The second-order valence-corrected chi connectivity index (χ2v) is 5.47. The molecular weight excluding hydrogens is 274 g/mol. The molecule has 2 nitrogen and oxygen atoms in total. The Kier molecular flexibility index (Phi) is 5.82. The largest absolute Gasteiger partial charge is 0.380 e. The quantitative estimate of drug-likeness (QED) is 0.865. The van der Waals surface area contributed by atoms with Crippen LogP contribution in [-0.4, -0.2) is 19.3 Å². The van der Waals surface area contributed by atoms with E-state index in [1.54, 1.807) is 11.3 Å². The summed E-state index contributed by atoms with van der Waals surface area (Å²) >= 11 is 5.24. The fourth-order valence-corrected chi connectivity index (χ4v) is 2.87. The standard InChI is InChI=1S/C11H18BrNOS/c1-4-14-6-8(2)13-9(3)11-5-10(12)7-15-11/h5,7-9,13H,4,6H2,1-3H3. The van der Waals surface area contributed by atoms with Crippen LogP contribution in [0, 0.1) is 0 Å². The first kappa shape index (κ1) is 13.2. The first-order chi connectivity index (χ1) is 7.13. The summed E-state index contributed by atoms with van der Waals surface area (Å²) in [5, 5.41) is 5.62. The lowest BCUT2D eigenvalue weighted by molar-refractivity contribution is 0.124. The lowest BCUT2D eigenvalue weighted by atomic mass is 10.2. The maximum absolute atomic E-state index is 5.37. The van der Waals surface area contributed by atoms with Gasteiger partial charge in [-0.3, -0.25) is 0 Å². The van der Waals surface area contributed by atoms with Crippen LogP contribution in [0.25, 0.3) is 0 Å². The molecule has 2 unspecified atom stereocenters. The number of hydrogen-bond acceptors (Lipinski definition) is 3. The highest BCUT2D eigenvalue weighted by Gasteiger charge is 2.10. The van der Waals surface area contributed by atoms with Crippen molar-refractivity contribution in [2.45, 2.75) is 32.9 Å². The predicted octanol–water partition coefficient (Wildman–Crippen LogP) is 3.59. The summed E-state index contributed by atoms with van der Waals surface area (Å²) in [5.41, 5.74) is 0. The number of thiophene rings is 1. The first-order valence-corrected chi connectivity index (χ1v) is 6.88. The smallest absolute Gasteiger partial charge is 0.0616 e. The molecule has 4 heteroatoms. The zero-order valence-electron chi connectivity index (χ0n) is 9.42. The molecule has 1 aromatic rings. The summed E-state index contributed by atoms with van der Waals surface area (Å²) < 4.78 is 6.53. The van der Waals surface area contributed by atoms with Crippen LogP contribution in [0.4, 0.5) is 0 Å². The van der Waals surface area contributed by atoms with Gasteiger partial charge in [-0.15, -0.1) is 11.3 Å². The average Bonchev–Trinajstić information content (AvgIpc) is 2.61. The summed E-state index contributed by atoms with van der Waals surface area (Å²) in [4.78, 5) is 1.35. The molecule has 0 aliphatic rings. The van der Waals surface area contributed by atoms with Gasteiger partial charge in [0, 0.05) is 33.4 Å². The molecule has 0 spiro atoms. The molecule has 0 radical (unpaired) electrons. The second-order valence-electron chi connectivity index (χ2n) is 3.62. The van der Waals surface area contributed by atoms with Gasteiger partial charge in [-0.2, -0.15) is 0 Å². The van der Waals surface area contributed by atoms with Gasteiger partial charge >= 0.3 is 0 Å². The Hall–Kier alpha value is 0.1000. The van der Waals surface area contributed by atoms with Gasteiger partial charge in [-0.25, -0.2) is 0 Å². The maximum Gasteiger partial charge on any atom is 0.0616 e. The highest BCUT2D eigenvalue weighted by atomic mass is 79.9. The number of nitrogens with one attached hydrogen (secondary N) is 1. The monoisotopic (exact) mass is 291 g/mol. The minimum absolute atomic E-state index is 0.386. The average molecular weight is 292 g/mol. The third-order valence-electron chi connectivity index (χ3n) is 2.12. The van der Waals surface area contributed by atoms with E-state index in [0.717, 1.165) is 17.7 Å². The molecule has 0 aliphatic carbocycles. The molecule has 0 fully saturated rings. The third-order valence-corrected chi connectivity index (χ3v) is 4.00. The van der Waals surface area contributed by atoms with Gasteiger partial charge in [0.15, 0.2) is 0 Å². The van der Waals surface area contributed by atoms with E-state index in [9.17, 15) is 0 Å². The van der Waals surface area contributed by atoms with E-state index >= 15 is 0 Å². The van der Waals surface area contributed by atoms with Crippen LogP contribution in [0.2, 0.25) is 0 Å². The van der Waals surface area contributed by atoms with Gasteiger partial charge in [0.1, 0.15) is 0 Å². The Morgan fingerprint density at radius 2 is 2.27 bits per heavy atom. The van der Waals surface area contributed by atoms with Crippen molar-refractivity contribution in [3.63, 3.8) is 0 Å². The van der Waals surface area contributed by atoms with E-state index in [0.29, 0.717) is 12.1 Å². The van der Waals surface area contributed by atoms with Crippen LogP contribution >= 0.6 is 27.3 Å². The third kappa shape index (κ3) is 4.64. The molecule has 0 amide bonds. The summed E-state index contributed by atoms with van der Waals surface area (Å²) in [5.74, 6) is 0. The van der Waals surface area contributed by atoms with Gasteiger partial charge in [0.05, 0.1) is 6.61 Å². The van der Waals surface area contributed by atoms with Crippen molar-refractivity contribution in [1.82, 2.24) is 5.32 Å². The molecular formula is C11H18BrNOS. The van der Waals surface area contributed by atoms with E-state index in [1.807, 2.05) is 6.92 Å². The number of ether oxygens (including phenoxy) is 1. The molecule has 0 aliphatic heterocycles. The Labute approximate surface area is 104 Å². The first-order valence-electron chi connectivity index (χ1n) is 5.21. The minimum Gasteiger partial charge on any atom is -0.380 e. The van der Waals surface area contributed by atoms with E-state index in [2.05, 4.69) is 46.5 Å². The Bertz CT molecular complexity index is 290. The molecule has 0 saturated carbocycles. The van der Waals surface area contributed by atoms with Crippen molar-refractivity contribution in [3.8, 4) is 0 Å². The van der Waals surface area contributed by atoms with Crippen molar-refractivity contribution < 1.29 is 4.74 Å². The molecule has 1 heterocycles. The van der Waals surface area contributed by atoms with Gasteiger partial charge in [0.2, 0.25) is 0 Å². The van der Waals surface area contributed by atoms with E-state index < -0.39 is 0 Å². The van der Waals surface area contributed by atoms with Crippen molar-refractivity contribution >= 4 is 27.3 Å². The van der Waals surface area contributed by atoms with Crippen molar-refractivity contribution in [3.05, 3.63) is 20.8 Å². The minimum atomic E-state index is 0.386. The van der Waals surface area contributed by atoms with Crippen LogP contribution < -0.4 is 5.32 Å². The molecule has 1 aromatic heterocycles. The molecule has 0 bridgehead atoms. The van der Waals surface area contributed by atoms with E-state index in [1.165, 1.54) is 4.88 Å². The van der Waals surface area contributed by atoms with Crippen LogP contribution in [-0.2, 0) is 4.74 Å². The topological polar surface area (TPSA) is 21.3 Å². The summed E-state index contributed by atoms with van der Waals surface area (Å²) in [6.07, 6.45) is 0. The fourth-order valence-electron chi connectivity index (χ4n) is 1.41. The van der Waals surface area contributed by atoms with Gasteiger partial charge in [-0.1, -0.05) is 0 Å². The van der Waals surface area contributed by atoms with Crippen LogP contribution in [0.3, 0.4) is 0 Å². The zero-order valence-corrected chi connectivity index (χ0v) is 11.8. The molecule has 15 heavy (non-hydrogen) atoms. The number of halogens is 1. The SMILES string of the molecule is CCOCC(C)NC(C)c1cc(Br)cs1. The predicted molar refractivity (Wildman–Crippen MR) is 69.5 cm³/mol. The lowest BCUT2D eigenvalue weighted by Crippen LogP contribution is -2.32. The van der Waals surface area contributed by atoms with Crippen molar-refractivity contribution in [1.29, 1.82) is 0 Å². The highest BCUT2D eigenvalue weighted by Crippen LogP contribution is 2.25. The van der Waals surface area contributed by atoms with Crippen LogP contribution in [0.15, 0.2) is 15.9 Å². The highest BCUT2D eigenvalue weighted by molar-refractivity contribution is 9.10. The lowest BCUT2D eigenvalue weighted by Gasteiger charge is -2.18. The Balaban J connectivity index is 2.38. The zero-order chi connectivity index (χ0) is 11.3. The van der Waals surface area contributed by atoms with E-state index in [4.69, 9.17) is 4.74 Å². The molecule has 1 N–H and O–H groups in total. The van der Waals surface area contributed by atoms with Crippen molar-refractivity contribution in [2.75, 3.05) is 13.2 Å². The Morgan fingerprint density at radius 1 is 1.53 bits per heavy atom. The number of rotatable bonds is 6. The molecule has 1 rings (SSSR count). The van der Waals surface area contributed by atoms with Gasteiger partial charge in [0.25, 0.3) is 0 Å². The number of hydrogen-bond donors (Lipinski definition) is 1. The van der Waals surface area contributed by atoms with Crippen LogP contribution in [0.5, 0.6) is 0 Å². The summed E-state index contributed by atoms with van der Waals surface area (Å²) in [6.45, 7) is 7.90. The molecule has 2 atom stereocenters. The normalized spacial score (nSPS) is 15.2. The maximum atomic E-state index is 5.37. The van der Waals surface area contributed by atoms with Crippen molar-refractivity contribution in [2.24, 2.45) is 0 Å². The van der Waals surface area contributed by atoms with Gasteiger partial charge in [-0.05, 0) is 42.8 Å². The molecule has 0 aromatic carbocycles. The summed E-state index contributed by atoms with van der Waals surface area (Å²) in [7, 11) is 0. The van der Waals surface area contributed by atoms with E-state index in [-0.39, 0.29) is 0 Å². The molecule has 0 saturated heterocycles. The van der Waals surface area contributed by atoms with Crippen LogP contribution in [0.1, 0.15) is 31.7 Å². The van der Waals surface area contributed by atoms with Gasteiger partial charge < -0.3 is 10.1 Å². The second kappa shape index (κ2) is 6.63. The summed E-state index contributed by atoms with van der Waals surface area (Å²) in [6, 6.07) is 2.94. The Morgan fingerprint density at radius 3 is 2.80 bits per heavy atom. The molecule has 86 valence electrons.